The van der Waals surface area contributed by atoms with Crippen molar-refractivity contribution >= 4 is 23.5 Å². The highest BCUT2D eigenvalue weighted by Gasteiger charge is 2.32. The molecule has 0 aliphatic heterocycles. The smallest absolute Gasteiger partial charge is 0.271 e. The maximum absolute atomic E-state index is 11.4. The predicted octanol–water partition coefficient (Wildman–Crippen LogP) is 1.92. The summed E-state index contributed by atoms with van der Waals surface area (Å²) >= 11 is 1.94. The van der Waals surface area contributed by atoms with Crippen LogP contribution in [0.5, 0.6) is 0 Å². The minimum Gasteiger partial charge on any atom is -0.367 e. The summed E-state index contributed by atoms with van der Waals surface area (Å²) in [7, 11) is 1.58. The van der Waals surface area contributed by atoms with Crippen LogP contribution in [0.2, 0.25) is 0 Å². The molecule has 5 nitrogen and oxygen atoms in total. The van der Waals surface area contributed by atoms with Crippen molar-refractivity contribution in [2.24, 2.45) is 0 Å². The lowest BCUT2D eigenvalue weighted by Crippen LogP contribution is -2.30. The van der Waals surface area contributed by atoms with Crippen LogP contribution in [0.4, 0.5) is 5.82 Å². The van der Waals surface area contributed by atoms with E-state index in [0.717, 1.165) is 12.4 Å². The molecule has 19 heavy (non-hydrogen) atoms. The maximum atomic E-state index is 11.4. The Hall–Kier alpha value is -1.30. The van der Waals surface area contributed by atoms with E-state index >= 15 is 0 Å². The molecule has 1 heterocycles. The Bertz CT molecular complexity index is 429. The second-order valence-electron chi connectivity index (χ2n) is 4.83. The number of carbonyl (C=O) groups excluding carboxylic acids is 1. The van der Waals surface area contributed by atoms with Crippen LogP contribution in [0.15, 0.2) is 12.1 Å². The van der Waals surface area contributed by atoms with Gasteiger partial charge in [0.15, 0.2) is 5.69 Å². The van der Waals surface area contributed by atoms with Gasteiger partial charge in [0.25, 0.3) is 5.91 Å². The monoisotopic (exact) mass is 280 g/mol. The summed E-state index contributed by atoms with van der Waals surface area (Å²) in [6.07, 6.45) is 7.30. The largest absolute Gasteiger partial charge is 0.367 e. The maximum Gasteiger partial charge on any atom is 0.271 e. The molecule has 0 unspecified atom stereocenters. The van der Waals surface area contributed by atoms with Crippen molar-refractivity contribution in [1.29, 1.82) is 0 Å². The van der Waals surface area contributed by atoms with Gasteiger partial charge in [-0.15, -0.1) is 10.2 Å². The zero-order chi connectivity index (χ0) is 13.7. The number of carbonyl (C=O) groups is 1. The van der Waals surface area contributed by atoms with E-state index in [2.05, 4.69) is 27.1 Å². The summed E-state index contributed by atoms with van der Waals surface area (Å²) in [5, 5.41) is 13.8. The van der Waals surface area contributed by atoms with Gasteiger partial charge in [-0.3, -0.25) is 4.79 Å². The fourth-order valence-corrected chi connectivity index (χ4v) is 3.31. The van der Waals surface area contributed by atoms with E-state index in [4.69, 9.17) is 0 Å². The number of hydrogen-bond acceptors (Lipinski definition) is 5. The van der Waals surface area contributed by atoms with Gasteiger partial charge in [0, 0.05) is 18.3 Å². The first-order valence-corrected chi connectivity index (χ1v) is 7.76. The first kappa shape index (κ1) is 14.1. The van der Waals surface area contributed by atoms with Gasteiger partial charge in [0.1, 0.15) is 5.82 Å². The summed E-state index contributed by atoms with van der Waals surface area (Å²) in [6, 6.07) is 3.50. The highest BCUT2D eigenvalue weighted by atomic mass is 32.2. The van der Waals surface area contributed by atoms with Gasteiger partial charge in [0.05, 0.1) is 0 Å². The minimum absolute atomic E-state index is 0.213. The zero-order valence-electron chi connectivity index (χ0n) is 11.4. The minimum atomic E-state index is -0.213. The van der Waals surface area contributed by atoms with Gasteiger partial charge in [-0.2, -0.15) is 11.8 Å². The third-order valence-electron chi connectivity index (χ3n) is 3.66. The third kappa shape index (κ3) is 3.37. The molecule has 1 aromatic rings. The van der Waals surface area contributed by atoms with Crippen molar-refractivity contribution < 1.29 is 4.79 Å². The van der Waals surface area contributed by atoms with Crippen molar-refractivity contribution in [2.75, 3.05) is 25.2 Å². The van der Waals surface area contributed by atoms with Gasteiger partial charge in [0.2, 0.25) is 0 Å². The Labute approximate surface area is 118 Å². The molecule has 1 aliphatic carbocycles. The van der Waals surface area contributed by atoms with Crippen LogP contribution in [0.25, 0.3) is 0 Å². The number of nitrogens with one attached hydrogen (secondary N) is 2. The number of anilines is 1. The van der Waals surface area contributed by atoms with Crippen molar-refractivity contribution in [3.05, 3.63) is 17.8 Å². The lowest BCUT2D eigenvalue weighted by atomic mass is 10.1. The average molecular weight is 280 g/mol. The van der Waals surface area contributed by atoms with Gasteiger partial charge < -0.3 is 10.6 Å². The molecule has 6 heteroatoms. The fraction of sp³-hybridized carbons (Fsp3) is 0.615. The number of nitrogens with zero attached hydrogens (tertiary/aromatic N) is 2. The van der Waals surface area contributed by atoms with Crippen LogP contribution in [-0.4, -0.2) is 40.7 Å². The quantitative estimate of drug-likeness (QED) is 0.862. The van der Waals surface area contributed by atoms with Gasteiger partial charge in [-0.1, -0.05) is 12.8 Å². The standard InChI is InChI=1S/C13H20N4OS/c1-14-12(18)10-5-6-11(17-16-10)15-9-13(19-2)7-3-4-8-13/h5-6H,3-4,7-9H2,1-2H3,(H,14,18)(H,15,17). The van der Waals surface area contributed by atoms with Crippen LogP contribution in [0.1, 0.15) is 36.2 Å². The molecule has 1 aromatic heterocycles. The molecule has 2 rings (SSSR count). The predicted molar refractivity (Wildman–Crippen MR) is 78.6 cm³/mol. The van der Waals surface area contributed by atoms with E-state index in [1.165, 1.54) is 25.7 Å². The number of amides is 1. The normalized spacial score (nSPS) is 17.2. The first-order chi connectivity index (χ1) is 9.19. The van der Waals surface area contributed by atoms with E-state index in [0.29, 0.717) is 10.4 Å². The molecular formula is C13H20N4OS. The van der Waals surface area contributed by atoms with E-state index in [-0.39, 0.29) is 5.91 Å². The molecule has 2 N–H and O–H groups in total. The van der Waals surface area contributed by atoms with Crippen LogP contribution in [-0.2, 0) is 0 Å². The fourth-order valence-electron chi connectivity index (χ4n) is 2.40. The number of hydrogen-bond donors (Lipinski definition) is 2. The molecule has 0 radical (unpaired) electrons. The zero-order valence-corrected chi connectivity index (χ0v) is 12.2. The second kappa shape index (κ2) is 6.23. The summed E-state index contributed by atoms with van der Waals surface area (Å²) in [5.74, 6) is 0.517. The Morgan fingerprint density at radius 2 is 2.11 bits per heavy atom. The second-order valence-corrected chi connectivity index (χ2v) is 6.11. The molecule has 0 saturated heterocycles. The summed E-state index contributed by atoms with van der Waals surface area (Å²) < 4.78 is 0.334. The van der Waals surface area contributed by atoms with Crippen molar-refractivity contribution in [1.82, 2.24) is 15.5 Å². The first-order valence-electron chi connectivity index (χ1n) is 6.54. The van der Waals surface area contributed by atoms with E-state index < -0.39 is 0 Å². The lowest BCUT2D eigenvalue weighted by molar-refractivity contribution is 0.0957. The van der Waals surface area contributed by atoms with E-state index in [1.54, 1.807) is 19.2 Å². The topological polar surface area (TPSA) is 66.9 Å². The Morgan fingerprint density at radius 3 is 2.63 bits per heavy atom. The molecule has 104 valence electrons. The van der Waals surface area contributed by atoms with E-state index in [1.807, 2.05) is 11.8 Å². The Kier molecular flexibility index (Phi) is 4.63. The van der Waals surface area contributed by atoms with Crippen LogP contribution in [0, 0.1) is 0 Å². The van der Waals surface area contributed by atoms with Gasteiger partial charge in [-0.05, 0) is 31.2 Å². The lowest BCUT2D eigenvalue weighted by Gasteiger charge is -2.27. The number of thioether (sulfide) groups is 1. The molecule has 0 bridgehead atoms. The van der Waals surface area contributed by atoms with Gasteiger partial charge in [-0.25, -0.2) is 0 Å². The van der Waals surface area contributed by atoms with Crippen molar-refractivity contribution in [3.8, 4) is 0 Å². The summed E-state index contributed by atoms with van der Waals surface area (Å²) in [4.78, 5) is 11.4. The molecule has 1 fully saturated rings. The van der Waals surface area contributed by atoms with Crippen molar-refractivity contribution in [2.45, 2.75) is 30.4 Å². The highest BCUT2D eigenvalue weighted by molar-refractivity contribution is 8.00. The number of aromatic nitrogens is 2. The Balaban J connectivity index is 1.94. The number of rotatable bonds is 5. The molecule has 1 aliphatic rings. The van der Waals surface area contributed by atoms with Crippen LogP contribution < -0.4 is 10.6 Å². The molecule has 0 aromatic carbocycles. The van der Waals surface area contributed by atoms with E-state index in [9.17, 15) is 4.79 Å². The molecular weight excluding hydrogens is 260 g/mol. The Morgan fingerprint density at radius 1 is 1.37 bits per heavy atom. The van der Waals surface area contributed by atoms with Crippen LogP contribution >= 0.6 is 11.8 Å². The summed E-state index contributed by atoms with van der Waals surface area (Å²) in [5.41, 5.74) is 0.341. The SMILES string of the molecule is CNC(=O)c1ccc(NCC2(SC)CCCC2)nn1. The molecule has 0 atom stereocenters. The average Bonchev–Trinajstić information content (AvgIpc) is 2.94. The summed E-state index contributed by atoms with van der Waals surface area (Å²) in [6.45, 7) is 0.905. The molecule has 1 amide bonds. The van der Waals surface area contributed by atoms with Crippen LogP contribution in [0.3, 0.4) is 0 Å². The molecule has 0 spiro atoms. The molecule has 1 saturated carbocycles. The third-order valence-corrected chi connectivity index (χ3v) is 5.08. The van der Waals surface area contributed by atoms with Gasteiger partial charge >= 0.3 is 0 Å². The van der Waals surface area contributed by atoms with Crippen molar-refractivity contribution in [3.63, 3.8) is 0 Å². The highest BCUT2D eigenvalue weighted by Crippen LogP contribution is 2.40.